The topological polar surface area (TPSA) is 6.48 Å². The van der Waals surface area contributed by atoms with Gasteiger partial charge in [0, 0.05) is 35.2 Å². The molecule has 26 heavy (non-hydrogen) atoms. The van der Waals surface area contributed by atoms with Gasteiger partial charge in [-0.3, -0.25) is 9.80 Å². The van der Waals surface area contributed by atoms with Crippen molar-refractivity contribution in [3.8, 4) is 0 Å². The van der Waals surface area contributed by atoms with E-state index in [1.807, 2.05) is 0 Å². The minimum Gasteiger partial charge on any atom is -0.289 e. The summed E-state index contributed by atoms with van der Waals surface area (Å²) < 4.78 is 0. The highest BCUT2D eigenvalue weighted by Gasteiger charge is 2.44. The van der Waals surface area contributed by atoms with Crippen molar-refractivity contribution in [2.24, 2.45) is 11.8 Å². The van der Waals surface area contributed by atoms with E-state index in [9.17, 15) is 0 Å². The molecular formula is C24H46N2. The Kier molecular flexibility index (Phi) is 6.12. The van der Waals surface area contributed by atoms with E-state index in [0.717, 1.165) is 24.9 Å². The smallest absolute Gasteiger partial charge is 0.0174 e. The molecule has 0 aromatic rings. The van der Waals surface area contributed by atoms with E-state index in [2.05, 4.69) is 91.2 Å². The SMILES string of the molecule is CC1CC(C)(C)N(CC=CCN2C(C)(C)CC(C)CC2(C)C)C(C)(C)C1. The third-order valence-corrected chi connectivity index (χ3v) is 7.06. The van der Waals surface area contributed by atoms with Gasteiger partial charge < -0.3 is 0 Å². The summed E-state index contributed by atoms with van der Waals surface area (Å²) in [5, 5.41) is 0. The Morgan fingerprint density at radius 1 is 0.577 bits per heavy atom. The molecule has 0 spiro atoms. The van der Waals surface area contributed by atoms with Gasteiger partial charge in [0.05, 0.1) is 0 Å². The van der Waals surface area contributed by atoms with E-state index in [0.29, 0.717) is 0 Å². The maximum absolute atomic E-state index is 2.73. The van der Waals surface area contributed by atoms with Crippen molar-refractivity contribution in [1.82, 2.24) is 9.80 Å². The molecule has 0 atom stereocenters. The zero-order chi connectivity index (χ0) is 20.0. The number of hydrogen-bond donors (Lipinski definition) is 0. The van der Waals surface area contributed by atoms with Crippen molar-refractivity contribution in [2.45, 2.75) is 117 Å². The lowest BCUT2D eigenvalue weighted by molar-refractivity contribution is -0.0415. The maximum atomic E-state index is 2.73. The Balaban J connectivity index is 2.04. The minimum atomic E-state index is 0.282. The summed E-state index contributed by atoms with van der Waals surface area (Å²) in [7, 11) is 0. The lowest BCUT2D eigenvalue weighted by Crippen LogP contribution is -2.60. The predicted octanol–water partition coefficient (Wildman–Crippen LogP) is 6.12. The van der Waals surface area contributed by atoms with Gasteiger partial charge in [0.2, 0.25) is 0 Å². The highest BCUT2D eigenvalue weighted by Crippen LogP contribution is 2.42. The fraction of sp³-hybridized carbons (Fsp3) is 0.917. The third-order valence-electron chi connectivity index (χ3n) is 7.06. The minimum absolute atomic E-state index is 0.282. The molecule has 0 unspecified atom stereocenters. The van der Waals surface area contributed by atoms with Gasteiger partial charge in [-0.1, -0.05) is 26.0 Å². The van der Waals surface area contributed by atoms with Crippen LogP contribution in [-0.2, 0) is 0 Å². The van der Waals surface area contributed by atoms with Crippen LogP contribution in [0.1, 0.15) is 94.9 Å². The quantitative estimate of drug-likeness (QED) is 0.556. The molecule has 0 aliphatic carbocycles. The predicted molar refractivity (Wildman–Crippen MR) is 116 cm³/mol. The van der Waals surface area contributed by atoms with Gasteiger partial charge in [0.15, 0.2) is 0 Å². The van der Waals surface area contributed by atoms with Gasteiger partial charge in [-0.25, -0.2) is 0 Å². The fourth-order valence-corrected chi connectivity index (χ4v) is 6.98. The number of rotatable bonds is 4. The van der Waals surface area contributed by atoms with E-state index >= 15 is 0 Å². The van der Waals surface area contributed by atoms with E-state index in [-0.39, 0.29) is 22.2 Å². The van der Waals surface area contributed by atoms with Crippen LogP contribution in [0.5, 0.6) is 0 Å². The monoisotopic (exact) mass is 362 g/mol. The first-order valence-corrected chi connectivity index (χ1v) is 10.9. The second-order valence-electron chi connectivity index (χ2n) is 12.0. The van der Waals surface area contributed by atoms with Crippen molar-refractivity contribution in [2.75, 3.05) is 13.1 Å². The molecule has 0 aromatic carbocycles. The molecule has 2 aliphatic rings. The number of nitrogens with zero attached hydrogens (tertiary/aromatic N) is 2. The molecule has 0 aromatic heterocycles. The lowest BCUT2D eigenvalue weighted by atomic mass is 9.74. The summed E-state index contributed by atoms with van der Waals surface area (Å²) in [6.45, 7) is 26.4. The Morgan fingerprint density at radius 3 is 1.04 bits per heavy atom. The maximum Gasteiger partial charge on any atom is 0.0174 e. The molecule has 2 aliphatic heterocycles. The summed E-state index contributed by atoms with van der Waals surface area (Å²) in [4.78, 5) is 5.45. The van der Waals surface area contributed by atoms with Crippen LogP contribution in [0, 0.1) is 11.8 Å². The molecule has 2 saturated heterocycles. The summed E-state index contributed by atoms with van der Waals surface area (Å²) >= 11 is 0. The van der Waals surface area contributed by atoms with Crippen LogP contribution in [0.2, 0.25) is 0 Å². The Morgan fingerprint density at radius 2 is 0.808 bits per heavy atom. The Labute approximate surface area is 164 Å². The molecule has 0 saturated carbocycles. The lowest BCUT2D eigenvalue weighted by Gasteiger charge is -2.55. The summed E-state index contributed by atoms with van der Waals surface area (Å²) in [6, 6.07) is 0. The van der Waals surface area contributed by atoms with Crippen LogP contribution >= 0.6 is 0 Å². The van der Waals surface area contributed by atoms with Gasteiger partial charge >= 0.3 is 0 Å². The second kappa shape index (κ2) is 7.24. The molecule has 0 bridgehead atoms. The number of hydrogen-bond acceptors (Lipinski definition) is 2. The van der Waals surface area contributed by atoms with E-state index in [1.165, 1.54) is 25.7 Å². The van der Waals surface area contributed by atoms with Gasteiger partial charge in [-0.05, 0) is 92.9 Å². The van der Waals surface area contributed by atoms with Crippen LogP contribution in [-0.4, -0.2) is 45.0 Å². The highest BCUT2D eigenvalue weighted by molar-refractivity contribution is 5.05. The molecular weight excluding hydrogens is 316 g/mol. The van der Waals surface area contributed by atoms with Crippen molar-refractivity contribution in [1.29, 1.82) is 0 Å². The largest absolute Gasteiger partial charge is 0.289 e. The fourth-order valence-electron chi connectivity index (χ4n) is 6.98. The molecule has 0 N–H and O–H groups in total. The van der Waals surface area contributed by atoms with Gasteiger partial charge in [0.25, 0.3) is 0 Å². The zero-order valence-electron chi connectivity index (χ0n) is 19.4. The third kappa shape index (κ3) is 4.73. The molecule has 0 amide bonds. The van der Waals surface area contributed by atoms with Crippen molar-refractivity contribution in [3.63, 3.8) is 0 Å². The van der Waals surface area contributed by atoms with Crippen molar-refractivity contribution in [3.05, 3.63) is 12.2 Å². The van der Waals surface area contributed by atoms with E-state index in [1.54, 1.807) is 0 Å². The van der Waals surface area contributed by atoms with Crippen LogP contribution < -0.4 is 0 Å². The standard InChI is InChI=1S/C24H46N2/c1-19-15-21(3,4)25(22(5,6)16-19)13-11-12-14-26-23(7,8)17-20(2)18-24(26,9)10/h11-12,19-20H,13-18H2,1-10H3. The van der Waals surface area contributed by atoms with Crippen molar-refractivity contribution >= 4 is 0 Å². The van der Waals surface area contributed by atoms with Crippen LogP contribution in [0.25, 0.3) is 0 Å². The van der Waals surface area contributed by atoms with Gasteiger partial charge in [0.1, 0.15) is 0 Å². The first-order chi connectivity index (χ1) is 11.7. The van der Waals surface area contributed by atoms with Gasteiger partial charge in [-0.2, -0.15) is 0 Å². The molecule has 2 heteroatoms. The zero-order valence-corrected chi connectivity index (χ0v) is 19.4. The summed E-state index contributed by atoms with van der Waals surface area (Å²) in [5.41, 5.74) is 1.13. The van der Waals surface area contributed by atoms with Crippen LogP contribution in [0.15, 0.2) is 12.2 Å². The Hall–Kier alpha value is -0.340. The van der Waals surface area contributed by atoms with Gasteiger partial charge in [-0.15, -0.1) is 0 Å². The van der Waals surface area contributed by atoms with Crippen LogP contribution in [0.3, 0.4) is 0 Å². The van der Waals surface area contributed by atoms with E-state index in [4.69, 9.17) is 0 Å². The first kappa shape index (κ1) is 22.0. The highest BCUT2D eigenvalue weighted by atomic mass is 15.3. The Bertz CT molecular complexity index is 430. The average Bonchev–Trinajstić information content (AvgIpc) is 2.35. The molecule has 2 heterocycles. The second-order valence-corrected chi connectivity index (χ2v) is 12.0. The van der Waals surface area contributed by atoms with E-state index < -0.39 is 0 Å². The first-order valence-electron chi connectivity index (χ1n) is 10.9. The number of likely N-dealkylation sites (tertiary alicyclic amines) is 2. The molecule has 0 radical (unpaired) electrons. The normalized spacial score (nSPS) is 30.1. The van der Waals surface area contributed by atoms with Crippen LogP contribution in [0.4, 0.5) is 0 Å². The summed E-state index contributed by atoms with van der Waals surface area (Å²) in [6.07, 6.45) is 10.1. The molecule has 2 nitrogen and oxygen atoms in total. The van der Waals surface area contributed by atoms with Crippen molar-refractivity contribution < 1.29 is 0 Å². The summed E-state index contributed by atoms with van der Waals surface area (Å²) in [5.74, 6) is 1.63. The molecule has 152 valence electrons. The molecule has 2 fully saturated rings. The molecule has 2 rings (SSSR count). The average molecular weight is 363 g/mol. The number of piperidine rings is 2.